The Labute approximate surface area is 219 Å². The Bertz CT molecular complexity index is 1670. The van der Waals surface area contributed by atoms with Crippen LogP contribution in [0.4, 0.5) is 0 Å². The second-order valence-corrected chi connectivity index (χ2v) is 10.5. The van der Waals surface area contributed by atoms with E-state index >= 15 is 0 Å². The molecule has 0 saturated carbocycles. The standard InChI is InChI=1S/C30H28N8/c1-3-23(31-9-1)29-35-25-13-21(15-33-27(25)37-29)19-7-5-18-12-20(8-6-17(18)11-19)22-14-26-28(34-16-22)38-30(36-26)24-4-2-10-32-24/h5-8,11-16,23-24,31-32H,1-4,9-10H2,(H,33,35,37)(H,34,36,38)/t23-,24?/m0/s1. The number of H-pyrrole nitrogens is 2. The van der Waals surface area contributed by atoms with Crippen LogP contribution in [0.3, 0.4) is 0 Å². The zero-order valence-corrected chi connectivity index (χ0v) is 21.0. The highest BCUT2D eigenvalue weighted by molar-refractivity contribution is 5.92. The van der Waals surface area contributed by atoms with E-state index in [0.29, 0.717) is 12.1 Å². The van der Waals surface area contributed by atoms with Gasteiger partial charge in [-0.2, -0.15) is 0 Å². The molecule has 0 radical (unpaired) electrons. The summed E-state index contributed by atoms with van der Waals surface area (Å²) < 4.78 is 0. The number of aromatic amines is 2. The molecular formula is C30H28N8. The first-order chi connectivity index (χ1) is 18.8. The molecule has 0 bridgehead atoms. The van der Waals surface area contributed by atoms with Gasteiger partial charge in [-0.15, -0.1) is 0 Å². The molecule has 2 saturated heterocycles. The van der Waals surface area contributed by atoms with Crippen LogP contribution in [0.15, 0.2) is 60.9 Å². The number of rotatable bonds is 4. The Morgan fingerprint density at radius 2 is 1.08 bits per heavy atom. The lowest BCUT2D eigenvalue weighted by molar-refractivity contribution is 0.614. The van der Waals surface area contributed by atoms with E-state index in [1.165, 1.54) is 23.6 Å². The van der Waals surface area contributed by atoms with Crippen molar-refractivity contribution in [2.45, 2.75) is 37.8 Å². The van der Waals surface area contributed by atoms with E-state index in [1.54, 1.807) is 0 Å². The third-order valence-electron chi connectivity index (χ3n) is 8.00. The summed E-state index contributed by atoms with van der Waals surface area (Å²) in [6.45, 7) is 2.10. The number of pyridine rings is 2. The Hall–Kier alpha value is -4.14. The minimum Gasteiger partial charge on any atom is -0.339 e. The summed E-state index contributed by atoms with van der Waals surface area (Å²) in [5.41, 5.74) is 7.96. The molecule has 8 nitrogen and oxygen atoms in total. The number of nitrogens with one attached hydrogen (secondary N) is 4. The van der Waals surface area contributed by atoms with Crippen LogP contribution in [0.25, 0.3) is 55.4 Å². The minimum atomic E-state index is 0.304. The molecule has 0 amide bonds. The van der Waals surface area contributed by atoms with Gasteiger partial charge in [-0.05, 0) is 84.9 Å². The lowest BCUT2D eigenvalue weighted by Gasteiger charge is -2.07. The van der Waals surface area contributed by atoms with Gasteiger partial charge in [-0.25, -0.2) is 19.9 Å². The molecule has 188 valence electrons. The Morgan fingerprint density at radius 1 is 0.579 bits per heavy atom. The van der Waals surface area contributed by atoms with Crippen LogP contribution in [0, 0.1) is 0 Å². The molecule has 2 aliphatic heterocycles. The van der Waals surface area contributed by atoms with Gasteiger partial charge in [-0.3, -0.25) is 0 Å². The van der Waals surface area contributed by atoms with E-state index in [0.717, 1.165) is 82.2 Å². The van der Waals surface area contributed by atoms with E-state index in [1.807, 2.05) is 12.4 Å². The van der Waals surface area contributed by atoms with Crippen molar-refractivity contribution < 1.29 is 0 Å². The molecule has 2 atom stereocenters. The van der Waals surface area contributed by atoms with Gasteiger partial charge in [0.15, 0.2) is 11.3 Å². The zero-order valence-electron chi connectivity index (χ0n) is 21.0. The van der Waals surface area contributed by atoms with Crippen molar-refractivity contribution in [2.24, 2.45) is 0 Å². The van der Waals surface area contributed by atoms with Crippen molar-refractivity contribution in [3.63, 3.8) is 0 Å². The first-order valence-corrected chi connectivity index (χ1v) is 13.5. The summed E-state index contributed by atoms with van der Waals surface area (Å²) in [7, 11) is 0. The van der Waals surface area contributed by atoms with E-state index in [9.17, 15) is 0 Å². The van der Waals surface area contributed by atoms with Crippen LogP contribution in [-0.4, -0.2) is 43.0 Å². The fourth-order valence-electron chi connectivity index (χ4n) is 5.92. The topological polar surface area (TPSA) is 107 Å². The second kappa shape index (κ2) is 8.72. The number of benzene rings is 2. The highest BCUT2D eigenvalue weighted by Gasteiger charge is 2.21. The number of imidazole rings is 2. The maximum Gasteiger partial charge on any atom is 0.177 e. The van der Waals surface area contributed by atoms with Gasteiger partial charge in [-0.1, -0.05) is 24.3 Å². The lowest BCUT2D eigenvalue weighted by Crippen LogP contribution is -2.14. The van der Waals surface area contributed by atoms with Gasteiger partial charge in [0.05, 0.1) is 23.1 Å². The number of nitrogens with zero attached hydrogens (tertiary/aromatic N) is 4. The summed E-state index contributed by atoms with van der Waals surface area (Å²) in [5.74, 6) is 1.98. The Balaban J connectivity index is 1.10. The van der Waals surface area contributed by atoms with E-state index < -0.39 is 0 Å². The molecule has 4 aromatic heterocycles. The number of hydrogen-bond acceptors (Lipinski definition) is 6. The van der Waals surface area contributed by atoms with Crippen LogP contribution < -0.4 is 10.6 Å². The molecule has 8 rings (SSSR count). The fourth-order valence-corrected chi connectivity index (χ4v) is 5.92. The van der Waals surface area contributed by atoms with Gasteiger partial charge >= 0.3 is 0 Å². The Kier molecular flexibility index (Phi) is 5.02. The average molecular weight is 501 g/mol. The molecule has 6 heterocycles. The maximum absolute atomic E-state index is 4.71. The van der Waals surface area contributed by atoms with Gasteiger partial charge in [0.2, 0.25) is 0 Å². The zero-order chi connectivity index (χ0) is 25.1. The highest BCUT2D eigenvalue weighted by Crippen LogP contribution is 2.31. The predicted molar refractivity (Wildman–Crippen MR) is 150 cm³/mol. The van der Waals surface area contributed by atoms with Gasteiger partial charge in [0.25, 0.3) is 0 Å². The molecule has 8 heteroatoms. The number of fused-ring (bicyclic) bond motifs is 3. The van der Waals surface area contributed by atoms with Crippen molar-refractivity contribution in [2.75, 3.05) is 13.1 Å². The maximum atomic E-state index is 4.71. The fraction of sp³-hybridized carbons (Fsp3) is 0.267. The first kappa shape index (κ1) is 21.9. The summed E-state index contributed by atoms with van der Waals surface area (Å²) in [6.07, 6.45) is 8.45. The van der Waals surface area contributed by atoms with E-state index in [2.05, 4.69) is 79.1 Å². The number of aromatic nitrogens is 6. The molecule has 4 N–H and O–H groups in total. The van der Waals surface area contributed by atoms with Crippen LogP contribution >= 0.6 is 0 Å². The minimum absolute atomic E-state index is 0.304. The van der Waals surface area contributed by atoms with Crippen molar-refractivity contribution >= 4 is 33.1 Å². The van der Waals surface area contributed by atoms with Crippen molar-refractivity contribution in [1.29, 1.82) is 0 Å². The van der Waals surface area contributed by atoms with Crippen molar-refractivity contribution in [3.05, 3.63) is 72.6 Å². The third-order valence-corrected chi connectivity index (χ3v) is 8.00. The highest BCUT2D eigenvalue weighted by atomic mass is 15.1. The summed E-state index contributed by atoms with van der Waals surface area (Å²) in [5, 5.41) is 9.39. The van der Waals surface area contributed by atoms with Gasteiger partial charge < -0.3 is 20.6 Å². The largest absolute Gasteiger partial charge is 0.339 e. The molecular weight excluding hydrogens is 472 g/mol. The molecule has 6 aromatic rings. The molecule has 2 aromatic carbocycles. The molecule has 0 aliphatic carbocycles. The van der Waals surface area contributed by atoms with E-state index in [4.69, 9.17) is 9.97 Å². The average Bonchev–Trinajstić information content (AvgIpc) is 3.77. The molecule has 0 spiro atoms. The van der Waals surface area contributed by atoms with Crippen LogP contribution in [0.1, 0.15) is 49.4 Å². The lowest BCUT2D eigenvalue weighted by atomic mass is 9.99. The quantitative estimate of drug-likeness (QED) is 0.252. The summed E-state index contributed by atoms with van der Waals surface area (Å²) >= 11 is 0. The van der Waals surface area contributed by atoms with Crippen LogP contribution in [-0.2, 0) is 0 Å². The smallest absolute Gasteiger partial charge is 0.177 e. The van der Waals surface area contributed by atoms with Gasteiger partial charge in [0, 0.05) is 23.5 Å². The van der Waals surface area contributed by atoms with Crippen molar-refractivity contribution in [3.8, 4) is 22.3 Å². The van der Waals surface area contributed by atoms with Crippen LogP contribution in [0.5, 0.6) is 0 Å². The first-order valence-electron chi connectivity index (χ1n) is 13.5. The molecule has 2 aliphatic rings. The molecule has 38 heavy (non-hydrogen) atoms. The second-order valence-electron chi connectivity index (χ2n) is 10.5. The SMILES string of the molecule is c1cc2cc(-c3cnc4nc([C@@H]5CCCN5)[nH]c4c3)ccc2cc1-c1cnc2nc(C3CCCN3)[nH]c2c1. The summed E-state index contributed by atoms with van der Waals surface area (Å²) in [4.78, 5) is 25.7. The van der Waals surface area contributed by atoms with E-state index in [-0.39, 0.29) is 0 Å². The number of hydrogen-bond donors (Lipinski definition) is 4. The van der Waals surface area contributed by atoms with Gasteiger partial charge in [0.1, 0.15) is 11.6 Å². The van der Waals surface area contributed by atoms with Crippen molar-refractivity contribution in [1.82, 2.24) is 40.5 Å². The molecule has 2 fully saturated rings. The molecule has 1 unspecified atom stereocenters. The normalized spacial score (nSPS) is 19.8. The summed E-state index contributed by atoms with van der Waals surface area (Å²) in [6, 6.07) is 18.1. The third kappa shape index (κ3) is 3.76. The van der Waals surface area contributed by atoms with Crippen LogP contribution in [0.2, 0.25) is 0 Å². The monoisotopic (exact) mass is 500 g/mol. The predicted octanol–water partition coefficient (Wildman–Crippen LogP) is 5.57. The Morgan fingerprint density at radius 3 is 1.53 bits per heavy atom.